The van der Waals surface area contributed by atoms with Crippen molar-refractivity contribution >= 4 is 40.9 Å². The Bertz CT molecular complexity index is 1570. The number of aldehydes is 1. The molecule has 1 unspecified atom stereocenters. The Labute approximate surface area is 269 Å². The van der Waals surface area contributed by atoms with E-state index >= 15 is 0 Å². The summed E-state index contributed by atoms with van der Waals surface area (Å²) in [6.45, 7) is 4.50. The van der Waals surface area contributed by atoms with E-state index in [-0.39, 0.29) is 36.7 Å². The first-order valence-corrected chi connectivity index (χ1v) is 16.0. The van der Waals surface area contributed by atoms with Gasteiger partial charge < -0.3 is 30.8 Å². The lowest BCUT2D eigenvalue weighted by atomic mass is 9.91. The molecule has 1 aliphatic carbocycles. The van der Waals surface area contributed by atoms with Crippen LogP contribution in [-0.2, 0) is 30.5 Å². The Balaban J connectivity index is 1.35. The largest absolute Gasteiger partial charge is 0.445 e. The van der Waals surface area contributed by atoms with Crippen molar-refractivity contribution in [1.82, 2.24) is 21.3 Å². The Morgan fingerprint density at radius 3 is 2.48 bits per heavy atom. The SMILES string of the molecule is CC(C)C[C@H](NC(=O)C1(NC(=O)OCc2ccccc2)C[C@H]1c1cccc2ccccc12)C(=O)N[C@H](C=O)C[C@@H]1CCCNC1=O. The highest BCUT2D eigenvalue weighted by Crippen LogP contribution is 2.53. The summed E-state index contributed by atoms with van der Waals surface area (Å²) in [7, 11) is 0. The van der Waals surface area contributed by atoms with Crippen molar-refractivity contribution in [2.75, 3.05) is 6.54 Å². The highest BCUT2D eigenvalue weighted by Gasteiger charge is 2.63. The zero-order valence-electron chi connectivity index (χ0n) is 26.3. The highest BCUT2D eigenvalue weighted by molar-refractivity contribution is 5.99. The first-order chi connectivity index (χ1) is 22.2. The van der Waals surface area contributed by atoms with Crippen molar-refractivity contribution in [2.24, 2.45) is 11.8 Å². The Morgan fingerprint density at radius 2 is 1.74 bits per heavy atom. The lowest BCUT2D eigenvalue weighted by molar-refractivity contribution is -0.132. The van der Waals surface area contributed by atoms with Crippen LogP contribution in [-0.4, -0.2) is 54.3 Å². The number of rotatable bonds is 13. The molecule has 5 atom stereocenters. The van der Waals surface area contributed by atoms with Gasteiger partial charge >= 0.3 is 6.09 Å². The van der Waals surface area contributed by atoms with Crippen molar-refractivity contribution in [3.8, 4) is 0 Å². The molecule has 10 heteroatoms. The molecule has 2 aliphatic rings. The number of nitrogens with one attached hydrogen (secondary N) is 4. The van der Waals surface area contributed by atoms with Crippen LogP contribution < -0.4 is 21.3 Å². The van der Waals surface area contributed by atoms with Gasteiger partial charge in [-0.15, -0.1) is 0 Å². The number of carbonyl (C=O) groups is 5. The maximum atomic E-state index is 14.2. The number of ether oxygens (including phenoxy) is 1. The minimum atomic E-state index is -1.35. The van der Waals surface area contributed by atoms with Crippen molar-refractivity contribution in [3.05, 3.63) is 83.9 Å². The summed E-state index contributed by atoms with van der Waals surface area (Å²) in [5.41, 5.74) is 0.368. The molecule has 0 radical (unpaired) electrons. The normalized spacial score (nSPS) is 21.8. The second-order valence-corrected chi connectivity index (χ2v) is 12.8. The van der Waals surface area contributed by atoms with Crippen LogP contribution in [0.1, 0.15) is 63.0 Å². The van der Waals surface area contributed by atoms with Gasteiger partial charge in [0.05, 0.1) is 6.04 Å². The zero-order valence-corrected chi connectivity index (χ0v) is 26.3. The third kappa shape index (κ3) is 7.73. The van der Waals surface area contributed by atoms with Crippen LogP contribution in [0.4, 0.5) is 4.79 Å². The van der Waals surface area contributed by atoms with E-state index in [9.17, 15) is 24.0 Å². The summed E-state index contributed by atoms with van der Waals surface area (Å²) in [5.74, 6) is -1.85. The average Bonchev–Trinajstić information content (AvgIpc) is 3.78. The Morgan fingerprint density at radius 1 is 1.00 bits per heavy atom. The summed E-state index contributed by atoms with van der Waals surface area (Å²) >= 11 is 0. The van der Waals surface area contributed by atoms with Crippen LogP contribution in [0.15, 0.2) is 72.8 Å². The molecule has 10 nitrogen and oxygen atoms in total. The fraction of sp³-hybridized carbons (Fsp3) is 0.417. The number of hydrogen-bond acceptors (Lipinski definition) is 6. The van der Waals surface area contributed by atoms with Crippen molar-refractivity contribution in [3.63, 3.8) is 0 Å². The standard InChI is InChI=1S/C36H42N4O6/c1-23(2)18-31(33(43)38-27(21-41)19-26-14-9-17-37-32(26)42)39-34(44)36(40-35(45)46-22-24-10-4-3-5-11-24)20-30(36)29-16-8-13-25-12-6-7-15-28(25)29/h3-8,10-13,15-16,21,23,26-27,30-31H,9,14,17-20,22H2,1-2H3,(H,37,42)(H,38,43)(H,39,44)(H,40,45)/t26-,27-,30-,31-,36?/m0/s1. The minimum absolute atomic E-state index is 0.0302. The third-order valence-corrected chi connectivity index (χ3v) is 8.86. The molecule has 3 aromatic carbocycles. The summed E-state index contributed by atoms with van der Waals surface area (Å²) in [6, 6.07) is 21.1. The molecule has 1 aliphatic heterocycles. The molecule has 242 valence electrons. The second kappa shape index (κ2) is 14.6. The molecule has 1 saturated carbocycles. The van der Waals surface area contributed by atoms with E-state index in [1.807, 2.05) is 86.6 Å². The van der Waals surface area contributed by atoms with Crippen LogP contribution in [0.5, 0.6) is 0 Å². The average molecular weight is 627 g/mol. The van der Waals surface area contributed by atoms with Gasteiger partial charge in [-0.25, -0.2) is 4.79 Å². The molecule has 4 N–H and O–H groups in total. The Hall–Kier alpha value is -4.73. The monoisotopic (exact) mass is 626 g/mol. The number of fused-ring (bicyclic) bond motifs is 1. The summed E-state index contributed by atoms with van der Waals surface area (Å²) in [5, 5.41) is 13.3. The molecule has 1 heterocycles. The number of hydrogen-bond donors (Lipinski definition) is 4. The predicted octanol–water partition coefficient (Wildman–Crippen LogP) is 4.12. The Kier molecular flexibility index (Phi) is 10.3. The van der Waals surface area contributed by atoms with Gasteiger partial charge in [0.15, 0.2) is 0 Å². The van der Waals surface area contributed by atoms with Gasteiger partial charge in [-0.05, 0) is 59.9 Å². The van der Waals surface area contributed by atoms with Crippen LogP contribution in [0.3, 0.4) is 0 Å². The van der Waals surface area contributed by atoms with Gasteiger partial charge in [0.2, 0.25) is 17.7 Å². The fourth-order valence-corrected chi connectivity index (χ4v) is 6.37. The number of piperidine rings is 1. The first-order valence-electron chi connectivity index (χ1n) is 16.0. The molecular weight excluding hydrogens is 584 g/mol. The topological polar surface area (TPSA) is 143 Å². The van der Waals surface area contributed by atoms with E-state index in [1.54, 1.807) is 0 Å². The molecule has 1 saturated heterocycles. The molecule has 0 spiro atoms. The number of amides is 4. The van der Waals surface area contributed by atoms with Crippen molar-refractivity contribution < 1.29 is 28.7 Å². The maximum absolute atomic E-state index is 14.2. The summed E-state index contributed by atoms with van der Waals surface area (Å²) in [6.07, 6.45) is 2.16. The molecule has 5 rings (SSSR count). The van der Waals surface area contributed by atoms with E-state index in [0.29, 0.717) is 32.1 Å². The molecule has 4 amide bonds. The van der Waals surface area contributed by atoms with E-state index < -0.39 is 35.5 Å². The summed E-state index contributed by atoms with van der Waals surface area (Å²) in [4.78, 5) is 65.1. The van der Waals surface area contributed by atoms with Crippen molar-refractivity contribution in [1.29, 1.82) is 0 Å². The molecule has 3 aromatic rings. The van der Waals surface area contributed by atoms with Crippen LogP contribution >= 0.6 is 0 Å². The molecule has 2 fully saturated rings. The van der Waals surface area contributed by atoms with E-state index in [2.05, 4.69) is 21.3 Å². The fourth-order valence-electron chi connectivity index (χ4n) is 6.37. The molecular formula is C36H42N4O6. The lowest BCUT2D eigenvalue weighted by Gasteiger charge is -2.27. The first kappa shape index (κ1) is 32.7. The van der Waals surface area contributed by atoms with Gasteiger partial charge in [0, 0.05) is 18.4 Å². The predicted molar refractivity (Wildman–Crippen MR) is 174 cm³/mol. The van der Waals surface area contributed by atoms with Gasteiger partial charge in [-0.2, -0.15) is 0 Å². The van der Waals surface area contributed by atoms with Crippen LogP contribution in [0.25, 0.3) is 10.8 Å². The van der Waals surface area contributed by atoms with Crippen molar-refractivity contribution in [2.45, 2.75) is 76.1 Å². The number of alkyl carbamates (subject to hydrolysis) is 1. The number of carbonyl (C=O) groups excluding carboxylic acids is 5. The third-order valence-electron chi connectivity index (χ3n) is 8.86. The second-order valence-electron chi connectivity index (χ2n) is 12.8. The minimum Gasteiger partial charge on any atom is -0.445 e. The molecule has 0 aromatic heterocycles. The van der Waals surface area contributed by atoms with Gasteiger partial charge in [-0.3, -0.25) is 14.4 Å². The lowest BCUT2D eigenvalue weighted by Crippen LogP contribution is -2.57. The van der Waals surface area contributed by atoms with Gasteiger partial charge in [0.1, 0.15) is 24.5 Å². The smallest absolute Gasteiger partial charge is 0.408 e. The molecule has 0 bridgehead atoms. The van der Waals surface area contributed by atoms with Crippen LogP contribution in [0, 0.1) is 11.8 Å². The van der Waals surface area contributed by atoms with E-state index in [0.717, 1.165) is 28.3 Å². The quantitative estimate of drug-likeness (QED) is 0.210. The highest BCUT2D eigenvalue weighted by atomic mass is 16.5. The maximum Gasteiger partial charge on any atom is 0.408 e. The van der Waals surface area contributed by atoms with Gasteiger partial charge in [-0.1, -0.05) is 86.6 Å². The van der Waals surface area contributed by atoms with E-state index in [4.69, 9.17) is 4.74 Å². The summed E-state index contributed by atoms with van der Waals surface area (Å²) < 4.78 is 5.51. The molecule has 46 heavy (non-hydrogen) atoms. The van der Waals surface area contributed by atoms with Crippen LogP contribution in [0.2, 0.25) is 0 Å². The van der Waals surface area contributed by atoms with E-state index in [1.165, 1.54) is 0 Å². The number of benzene rings is 3. The van der Waals surface area contributed by atoms with Gasteiger partial charge in [0.25, 0.3) is 0 Å². The zero-order chi connectivity index (χ0) is 32.7.